The number of fused-ring (bicyclic) bond motifs is 8. The normalized spacial score (nSPS) is 12.1. The summed E-state index contributed by atoms with van der Waals surface area (Å²) >= 11 is 0. The molecule has 0 fully saturated rings. The standard InChI is InChI=1S/C37H45N4O.Zn/c1-5-9-13-26-30-17-18-31(38-30)27(14-10-6-2)33-21-22-35(40-33)29(16-12-8-4)37-25(24-42)23-36(41-37)28(15-11-7-3)34-20-19-32(26)39-34;/h17-24H,5-16H2,1-4H3,(H-,38,39,40,41,42);/q-1;+2/p-1. The Kier molecular flexibility index (Phi) is 11.9. The maximum absolute atomic E-state index is 12.5. The molecule has 0 aromatic carbocycles. The molecule has 0 N–H and O–H groups in total. The second-order valence-corrected chi connectivity index (χ2v) is 11.5. The van der Waals surface area contributed by atoms with E-state index in [1.54, 1.807) is 0 Å². The molecule has 5 heterocycles. The van der Waals surface area contributed by atoms with Gasteiger partial charge in [0.05, 0.1) is 22.8 Å². The predicted molar refractivity (Wildman–Crippen MR) is 177 cm³/mol. The first-order valence-electron chi connectivity index (χ1n) is 16.1. The maximum atomic E-state index is 12.5. The summed E-state index contributed by atoms with van der Waals surface area (Å²) in [7, 11) is 0. The molecule has 0 radical (unpaired) electrons. The molecule has 0 unspecified atom stereocenters. The Hall–Kier alpha value is -3.11. The quantitative estimate of drug-likeness (QED) is 0.0964. The predicted octanol–water partition coefficient (Wildman–Crippen LogP) is 9.09. The summed E-state index contributed by atoms with van der Waals surface area (Å²) in [6, 6.07) is 6.31. The minimum atomic E-state index is 0. The van der Waals surface area contributed by atoms with Crippen LogP contribution in [0.2, 0.25) is 0 Å². The van der Waals surface area contributed by atoms with Crippen molar-refractivity contribution in [2.24, 2.45) is 0 Å². The monoisotopic (exact) mass is 624 g/mol. The van der Waals surface area contributed by atoms with Crippen molar-refractivity contribution in [2.45, 2.75) is 105 Å². The van der Waals surface area contributed by atoms with Crippen LogP contribution in [0.5, 0.6) is 0 Å². The largest absolute Gasteiger partial charge is 2.00 e. The summed E-state index contributed by atoms with van der Waals surface area (Å²) < 4.78 is 0. The average Bonchev–Trinajstić information content (AvgIpc) is 3.82. The number of carbonyl (C=O) groups excluding carboxylic acids is 1. The number of aldehydes is 1. The van der Waals surface area contributed by atoms with Crippen LogP contribution in [0.4, 0.5) is 0 Å². The molecule has 0 amide bonds. The number of rotatable bonds is 13. The molecule has 3 aromatic rings. The minimum absolute atomic E-state index is 0. The van der Waals surface area contributed by atoms with E-state index in [0.29, 0.717) is 5.56 Å². The Balaban J connectivity index is 0.00000423. The fraction of sp³-hybridized carbons (Fsp3) is 0.432. The molecule has 220 valence electrons. The molecule has 3 aromatic heterocycles. The molecular formula is C37H44N4OZn. The summed E-state index contributed by atoms with van der Waals surface area (Å²) in [4.78, 5) is 33.3. The molecule has 8 bridgehead atoms. The van der Waals surface area contributed by atoms with E-state index in [4.69, 9.17) is 19.9 Å². The molecular weight excluding hydrogens is 582 g/mol. The van der Waals surface area contributed by atoms with Crippen molar-refractivity contribution in [1.29, 1.82) is 0 Å². The van der Waals surface area contributed by atoms with Gasteiger partial charge in [-0.25, -0.2) is 9.97 Å². The third-order valence-corrected chi connectivity index (χ3v) is 8.42. The number of aryl methyl sites for hydroxylation is 4. The van der Waals surface area contributed by atoms with Crippen molar-refractivity contribution < 1.29 is 24.3 Å². The van der Waals surface area contributed by atoms with E-state index in [9.17, 15) is 4.79 Å². The van der Waals surface area contributed by atoms with E-state index >= 15 is 0 Å². The van der Waals surface area contributed by atoms with Crippen LogP contribution in [0, 0.1) is 0 Å². The van der Waals surface area contributed by atoms with Crippen LogP contribution in [0.15, 0.2) is 18.2 Å². The Bertz CT molecular complexity index is 1660. The van der Waals surface area contributed by atoms with Crippen LogP contribution in [0.3, 0.4) is 0 Å². The Labute approximate surface area is 269 Å². The number of nitrogens with zero attached hydrogens (tertiary/aromatic N) is 4. The van der Waals surface area contributed by atoms with Crippen LogP contribution in [-0.4, -0.2) is 16.3 Å². The van der Waals surface area contributed by atoms with Crippen LogP contribution in [-0.2, 0) is 45.2 Å². The van der Waals surface area contributed by atoms with Gasteiger partial charge in [0.25, 0.3) is 0 Å². The van der Waals surface area contributed by atoms with Gasteiger partial charge in [-0.1, -0.05) is 71.6 Å². The Morgan fingerprint density at radius 1 is 0.581 bits per heavy atom. The smallest absolute Gasteiger partial charge is 0.657 e. The molecule has 6 heteroatoms. The molecule has 5 nitrogen and oxygen atoms in total. The Morgan fingerprint density at radius 2 is 0.977 bits per heavy atom. The molecule has 0 saturated heterocycles. The maximum Gasteiger partial charge on any atom is 2.00 e. The van der Waals surface area contributed by atoms with Crippen LogP contribution in [0.25, 0.3) is 46.4 Å². The number of hydrogen-bond acceptors (Lipinski definition) is 3. The van der Waals surface area contributed by atoms with Gasteiger partial charge < -0.3 is 9.97 Å². The fourth-order valence-electron chi connectivity index (χ4n) is 5.96. The molecule has 2 aliphatic heterocycles. The fourth-order valence-corrected chi connectivity index (χ4v) is 5.96. The van der Waals surface area contributed by atoms with Crippen molar-refractivity contribution in [3.63, 3.8) is 0 Å². The third kappa shape index (κ3) is 7.18. The van der Waals surface area contributed by atoms with Crippen molar-refractivity contribution in [2.75, 3.05) is 0 Å². The van der Waals surface area contributed by atoms with Gasteiger partial charge in [-0.05, 0) is 103 Å². The molecule has 0 atom stereocenters. The van der Waals surface area contributed by atoms with E-state index in [1.807, 2.05) is 6.07 Å². The van der Waals surface area contributed by atoms with Crippen LogP contribution < -0.4 is 9.97 Å². The van der Waals surface area contributed by atoms with Gasteiger partial charge in [0, 0.05) is 0 Å². The second kappa shape index (κ2) is 15.6. The molecule has 5 rings (SSSR count). The SMILES string of the molecule is CCCCc1c2nc(c(CCCC)c3cc(C=O)c([n-]3)c(CCCC)c3nc(c(CCCC)c4ccc1[n-]4)C=C3)C=C2.[Zn+2]. The van der Waals surface area contributed by atoms with Gasteiger partial charge in [0.2, 0.25) is 0 Å². The molecule has 0 saturated carbocycles. The second-order valence-electron chi connectivity index (χ2n) is 11.5. The van der Waals surface area contributed by atoms with Gasteiger partial charge in [0.1, 0.15) is 6.29 Å². The van der Waals surface area contributed by atoms with E-state index in [0.717, 1.165) is 139 Å². The molecule has 43 heavy (non-hydrogen) atoms. The third-order valence-electron chi connectivity index (χ3n) is 8.42. The number of unbranched alkanes of at least 4 members (excludes halogenated alkanes) is 4. The summed E-state index contributed by atoms with van der Waals surface area (Å²) in [5, 5.41) is 0. The van der Waals surface area contributed by atoms with Gasteiger partial charge in [-0.15, -0.1) is 22.1 Å². The van der Waals surface area contributed by atoms with E-state index < -0.39 is 0 Å². The zero-order valence-corrected chi connectivity index (χ0v) is 29.5. The first-order valence-corrected chi connectivity index (χ1v) is 16.1. The topological polar surface area (TPSA) is 71.1 Å². The van der Waals surface area contributed by atoms with E-state index in [2.05, 4.69) is 64.1 Å². The van der Waals surface area contributed by atoms with E-state index in [1.165, 1.54) is 11.1 Å². The van der Waals surface area contributed by atoms with Gasteiger partial charge in [-0.2, -0.15) is 0 Å². The zero-order chi connectivity index (χ0) is 29.5. The van der Waals surface area contributed by atoms with Crippen molar-refractivity contribution >= 4 is 52.7 Å². The first-order chi connectivity index (χ1) is 20.6. The summed E-state index contributed by atoms with van der Waals surface area (Å²) in [6.45, 7) is 8.85. The van der Waals surface area contributed by atoms with Crippen molar-refractivity contribution in [3.8, 4) is 0 Å². The van der Waals surface area contributed by atoms with Crippen LogP contribution >= 0.6 is 0 Å². The van der Waals surface area contributed by atoms with Gasteiger partial charge >= 0.3 is 19.5 Å². The summed E-state index contributed by atoms with van der Waals surface area (Å²) in [6.07, 6.45) is 21.6. The molecule has 0 spiro atoms. The molecule has 0 aliphatic carbocycles. The summed E-state index contributed by atoms with van der Waals surface area (Å²) in [5.41, 5.74) is 12.7. The minimum Gasteiger partial charge on any atom is -0.657 e. The van der Waals surface area contributed by atoms with Crippen molar-refractivity contribution in [3.05, 3.63) is 68.8 Å². The zero-order valence-electron chi connectivity index (χ0n) is 26.5. The Morgan fingerprint density at radius 3 is 1.40 bits per heavy atom. The number of carbonyl (C=O) groups is 1. The van der Waals surface area contributed by atoms with Crippen LogP contribution in [0.1, 0.15) is 134 Å². The van der Waals surface area contributed by atoms with Gasteiger partial charge in [0.15, 0.2) is 0 Å². The van der Waals surface area contributed by atoms with E-state index in [-0.39, 0.29) is 19.5 Å². The number of hydrogen-bond donors (Lipinski definition) is 0. The first kappa shape index (κ1) is 32.8. The van der Waals surface area contributed by atoms with Crippen molar-refractivity contribution in [1.82, 2.24) is 19.9 Å². The molecule has 2 aliphatic rings. The van der Waals surface area contributed by atoms with Gasteiger partial charge in [-0.3, -0.25) is 4.79 Å². The number of aromatic nitrogens is 4. The average molecular weight is 626 g/mol. The summed E-state index contributed by atoms with van der Waals surface area (Å²) in [5.74, 6) is 0.